The summed E-state index contributed by atoms with van der Waals surface area (Å²) in [5.74, 6) is -0.199. The number of fused-ring (bicyclic) bond motifs is 1. The molecule has 0 aromatic carbocycles. The fourth-order valence-electron chi connectivity index (χ4n) is 3.92. The first-order chi connectivity index (χ1) is 9.54. The van der Waals surface area contributed by atoms with Crippen LogP contribution in [0.15, 0.2) is 0 Å². The van der Waals surface area contributed by atoms with E-state index in [9.17, 15) is 14.4 Å². The second-order valence-electron chi connectivity index (χ2n) is 6.55. The molecule has 3 saturated heterocycles. The summed E-state index contributed by atoms with van der Waals surface area (Å²) in [4.78, 5) is 42.3. The zero-order valence-electron chi connectivity index (χ0n) is 11.7. The van der Waals surface area contributed by atoms with Gasteiger partial charge in [0.1, 0.15) is 11.6 Å². The van der Waals surface area contributed by atoms with Gasteiger partial charge < -0.3 is 9.80 Å². The second kappa shape index (κ2) is 3.74. The number of urea groups is 1. The highest BCUT2D eigenvalue weighted by Gasteiger charge is 2.60. The summed E-state index contributed by atoms with van der Waals surface area (Å²) in [5, 5.41) is 0. The molecule has 4 fully saturated rings. The minimum atomic E-state index is -0.704. The monoisotopic (exact) mass is 277 g/mol. The van der Waals surface area contributed by atoms with E-state index in [-0.39, 0.29) is 17.8 Å². The Balaban J connectivity index is 1.61. The van der Waals surface area contributed by atoms with Crippen LogP contribution in [-0.2, 0) is 9.59 Å². The zero-order chi connectivity index (χ0) is 14.1. The number of rotatable bonds is 2. The molecule has 4 amide bonds. The highest BCUT2D eigenvalue weighted by molar-refractivity contribution is 6.10. The van der Waals surface area contributed by atoms with E-state index in [4.69, 9.17) is 0 Å². The molecule has 20 heavy (non-hydrogen) atoms. The van der Waals surface area contributed by atoms with Crippen LogP contribution in [0, 0.1) is 0 Å². The molecular formula is C14H19N3O3. The number of hydrogen-bond acceptors (Lipinski definition) is 3. The van der Waals surface area contributed by atoms with E-state index >= 15 is 0 Å². The van der Waals surface area contributed by atoms with Crippen molar-refractivity contribution in [3.05, 3.63) is 0 Å². The lowest BCUT2D eigenvalue weighted by Gasteiger charge is -2.23. The van der Waals surface area contributed by atoms with Gasteiger partial charge in [0.15, 0.2) is 0 Å². The molecule has 0 aromatic rings. The first-order valence-corrected chi connectivity index (χ1v) is 7.50. The van der Waals surface area contributed by atoms with Crippen LogP contribution >= 0.6 is 0 Å². The van der Waals surface area contributed by atoms with E-state index in [0.29, 0.717) is 32.0 Å². The van der Waals surface area contributed by atoms with Gasteiger partial charge in [-0.05, 0) is 39.0 Å². The molecule has 6 nitrogen and oxygen atoms in total. The van der Waals surface area contributed by atoms with Gasteiger partial charge in [-0.2, -0.15) is 0 Å². The highest BCUT2D eigenvalue weighted by atomic mass is 16.2. The summed E-state index contributed by atoms with van der Waals surface area (Å²) in [5.41, 5.74) is -0.704. The van der Waals surface area contributed by atoms with Gasteiger partial charge in [0.2, 0.25) is 5.91 Å². The molecule has 4 rings (SSSR count). The van der Waals surface area contributed by atoms with E-state index in [0.717, 1.165) is 19.3 Å². The third-order valence-corrected chi connectivity index (χ3v) is 5.27. The van der Waals surface area contributed by atoms with Crippen LogP contribution in [0.25, 0.3) is 0 Å². The Morgan fingerprint density at radius 3 is 2.50 bits per heavy atom. The lowest BCUT2D eigenvalue weighted by molar-refractivity contribution is -0.140. The molecule has 2 atom stereocenters. The number of hydrogen-bond donors (Lipinski definition) is 0. The normalized spacial score (nSPS) is 37.4. The molecule has 3 heterocycles. The molecule has 0 N–H and O–H groups in total. The van der Waals surface area contributed by atoms with Crippen LogP contribution in [0.4, 0.5) is 4.79 Å². The summed E-state index contributed by atoms with van der Waals surface area (Å²) in [7, 11) is 0. The van der Waals surface area contributed by atoms with Crippen molar-refractivity contribution in [3.63, 3.8) is 0 Å². The van der Waals surface area contributed by atoms with Gasteiger partial charge in [-0.1, -0.05) is 0 Å². The second-order valence-corrected chi connectivity index (χ2v) is 6.55. The Morgan fingerprint density at radius 2 is 1.85 bits per heavy atom. The number of carbonyl (C=O) groups is 3. The lowest BCUT2D eigenvalue weighted by atomic mass is 9.99. The molecule has 4 aliphatic rings. The van der Waals surface area contributed by atoms with Crippen molar-refractivity contribution in [2.24, 2.45) is 0 Å². The average Bonchev–Trinajstić information content (AvgIpc) is 3.04. The Morgan fingerprint density at radius 1 is 1.10 bits per heavy atom. The van der Waals surface area contributed by atoms with Crippen molar-refractivity contribution < 1.29 is 14.4 Å². The van der Waals surface area contributed by atoms with Crippen LogP contribution in [0.2, 0.25) is 0 Å². The quantitative estimate of drug-likeness (QED) is 0.693. The Labute approximate surface area is 117 Å². The molecule has 3 aliphatic heterocycles. The molecule has 0 spiro atoms. The van der Waals surface area contributed by atoms with E-state index in [2.05, 4.69) is 0 Å². The van der Waals surface area contributed by atoms with Crippen LogP contribution in [0.3, 0.4) is 0 Å². The summed E-state index contributed by atoms with van der Waals surface area (Å²) in [6, 6.07) is -0.459. The average molecular weight is 277 g/mol. The van der Waals surface area contributed by atoms with Gasteiger partial charge in [-0.15, -0.1) is 0 Å². The number of carbonyl (C=O) groups excluding carboxylic acids is 3. The Hall–Kier alpha value is -1.59. The van der Waals surface area contributed by atoms with Crippen molar-refractivity contribution in [1.82, 2.24) is 14.7 Å². The van der Waals surface area contributed by atoms with E-state index < -0.39 is 11.6 Å². The van der Waals surface area contributed by atoms with E-state index in [1.165, 1.54) is 4.90 Å². The molecule has 108 valence electrons. The minimum absolute atomic E-state index is 0.0287. The maximum atomic E-state index is 12.6. The molecule has 6 heteroatoms. The summed E-state index contributed by atoms with van der Waals surface area (Å²) in [6.07, 6.45) is 4.29. The van der Waals surface area contributed by atoms with Crippen molar-refractivity contribution in [2.75, 3.05) is 13.1 Å². The smallest absolute Gasteiger partial charge is 0.328 e. The number of nitrogens with zero attached hydrogens (tertiary/aromatic N) is 3. The molecule has 0 radical (unpaired) electrons. The van der Waals surface area contributed by atoms with E-state index in [1.807, 2.05) is 11.8 Å². The van der Waals surface area contributed by atoms with Gasteiger partial charge in [0, 0.05) is 19.1 Å². The first kappa shape index (κ1) is 12.2. The zero-order valence-corrected chi connectivity index (χ0v) is 11.7. The summed E-state index contributed by atoms with van der Waals surface area (Å²) in [6.45, 7) is 3.14. The number of imide groups is 1. The molecule has 1 aliphatic carbocycles. The molecular weight excluding hydrogens is 258 g/mol. The van der Waals surface area contributed by atoms with Gasteiger partial charge >= 0.3 is 6.03 Å². The van der Waals surface area contributed by atoms with Crippen molar-refractivity contribution >= 4 is 17.8 Å². The van der Waals surface area contributed by atoms with Crippen molar-refractivity contribution in [1.29, 1.82) is 0 Å². The number of amides is 4. The largest absolute Gasteiger partial charge is 0.338 e. The standard InChI is InChI=1S/C14H19N3O3/c1-14-6-2-7-16(14)13(20)17(12(14)19)10-5-8-15(11(10)18)9-3-4-9/h9-10H,2-8H2,1H3/t10-,14-/m1/s1. The fourth-order valence-corrected chi connectivity index (χ4v) is 3.92. The summed E-state index contributed by atoms with van der Waals surface area (Å²) < 4.78 is 0. The van der Waals surface area contributed by atoms with Gasteiger partial charge in [-0.3, -0.25) is 9.59 Å². The molecule has 0 unspecified atom stereocenters. The van der Waals surface area contributed by atoms with E-state index in [1.54, 1.807) is 4.90 Å². The topological polar surface area (TPSA) is 60.9 Å². The maximum Gasteiger partial charge on any atom is 0.328 e. The van der Waals surface area contributed by atoms with Crippen LogP contribution in [0.1, 0.15) is 39.0 Å². The third-order valence-electron chi connectivity index (χ3n) is 5.27. The number of likely N-dealkylation sites (tertiary alicyclic amines) is 1. The maximum absolute atomic E-state index is 12.6. The predicted octanol–water partition coefficient (Wildman–Crippen LogP) is 0.566. The molecule has 0 bridgehead atoms. The SMILES string of the molecule is C[C@]12CCCN1C(=O)N([C@@H]1CCN(C3CC3)C1=O)C2=O. The lowest BCUT2D eigenvalue weighted by Crippen LogP contribution is -2.47. The van der Waals surface area contributed by atoms with Crippen molar-refractivity contribution in [2.45, 2.75) is 56.7 Å². The molecule has 0 aromatic heterocycles. The van der Waals surface area contributed by atoms with Crippen LogP contribution in [0.5, 0.6) is 0 Å². The summed E-state index contributed by atoms with van der Waals surface area (Å²) >= 11 is 0. The third kappa shape index (κ3) is 1.37. The van der Waals surface area contributed by atoms with Crippen LogP contribution in [-0.4, -0.2) is 63.3 Å². The van der Waals surface area contributed by atoms with Crippen molar-refractivity contribution in [3.8, 4) is 0 Å². The van der Waals surface area contributed by atoms with Gasteiger partial charge in [0.05, 0.1) is 0 Å². The van der Waals surface area contributed by atoms with Crippen LogP contribution < -0.4 is 0 Å². The minimum Gasteiger partial charge on any atom is -0.338 e. The fraction of sp³-hybridized carbons (Fsp3) is 0.786. The highest BCUT2D eigenvalue weighted by Crippen LogP contribution is 2.40. The first-order valence-electron chi connectivity index (χ1n) is 7.50. The van der Waals surface area contributed by atoms with Gasteiger partial charge in [0.25, 0.3) is 5.91 Å². The van der Waals surface area contributed by atoms with Gasteiger partial charge in [-0.25, -0.2) is 9.69 Å². The Kier molecular flexibility index (Phi) is 2.28. The predicted molar refractivity (Wildman–Crippen MR) is 69.7 cm³/mol. The Bertz CT molecular complexity index is 516. The molecule has 1 saturated carbocycles.